The molecule has 1 unspecified atom stereocenters. The fourth-order valence-electron chi connectivity index (χ4n) is 2.10. The third-order valence-corrected chi connectivity index (χ3v) is 3.32. The normalized spacial score (nSPS) is 18.1. The molecule has 106 valence electrons. The van der Waals surface area contributed by atoms with Crippen LogP contribution in [0.25, 0.3) is 0 Å². The van der Waals surface area contributed by atoms with Crippen LogP contribution in [0.1, 0.15) is 38.0 Å². The maximum Gasteiger partial charge on any atom is 0.105 e. The van der Waals surface area contributed by atoms with E-state index in [2.05, 4.69) is 57.3 Å². The number of ether oxygens (including phenoxy) is 2. The number of rotatable bonds is 5. The SMILES string of the molecule is Cc1ccccc1C(CNC(C)(C)C)OC1COC1. The van der Waals surface area contributed by atoms with Gasteiger partial charge in [0.15, 0.2) is 0 Å². The molecule has 0 saturated carbocycles. The predicted molar refractivity (Wildman–Crippen MR) is 77.4 cm³/mol. The van der Waals surface area contributed by atoms with E-state index in [0.29, 0.717) is 0 Å². The van der Waals surface area contributed by atoms with Crippen molar-refractivity contribution in [1.29, 1.82) is 0 Å². The van der Waals surface area contributed by atoms with Gasteiger partial charge in [-0.15, -0.1) is 0 Å². The minimum atomic E-state index is 0.0920. The van der Waals surface area contributed by atoms with Crippen LogP contribution in [-0.4, -0.2) is 31.4 Å². The second kappa shape index (κ2) is 6.04. The first-order valence-corrected chi connectivity index (χ1v) is 6.99. The number of aryl methyl sites for hydroxylation is 1. The molecule has 3 heteroatoms. The lowest BCUT2D eigenvalue weighted by atomic mass is 10.0. The Balaban J connectivity index is 2.06. The van der Waals surface area contributed by atoms with Crippen LogP contribution in [0.5, 0.6) is 0 Å². The van der Waals surface area contributed by atoms with Crippen molar-refractivity contribution in [2.45, 2.75) is 45.4 Å². The smallest absolute Gasteiger partial charge is 0.105 e. The molecule has 1 aromatic rings. The van der Waals surface area contributed by atoms with Gasteiger partial charge in [-0.25, -0.2) is 0 Å². The van der Waals surface area contributed by atoms with Gasteiger partial charge >= 0.3 is 0 Å². The van der Waals surface area contributed by atoms with Crippen LogP contribution in [0.15, 0.2) is 24.3 Å². The first-order chi connectivity index (χ1) is 8.96. The van der Waals surface area contributed by atoms with Crippen molar-refractivity contribution in [3.05, 3.63) is 35.4 Å². The minimum Gasteiger partial charge on any atom is -0.376 e. The van der Waals surface area contributed by atoms with Crippen molar-refractivity contribution in [1.82, 2.24) is 5.32 Å². The van der Waals surface area contributed by atoms with Gasteiger partial charge in [-0.3, -0.25) is 0 Å². The number of hydrogen-bond donors (Lipinski definition) is 1. The summed E-state index contributed by atoms with van der Waals surface area (Å²) in [4.78, 5) is 0. The van der Waals surface area contributed by atoms with Crippen LogP contribution in [0.3, 0.4) is 0 Å². The lowest BCUT2D eigenvalue weighted by Gasteiger charge is -2.33. The van der Waals surface area contributed by atoms with Gasteiger partial charge in [0.1, 0.15) is 6.10 Å². The highest BCUT2D eigenvalue weighted by atomic mass is 16.6. The Labute approximate surface area is 116 Å². The van der Waals surface area contributed by atoms with Crippen molar-refractivity contribution < 1.29 is 9.47 Å². The van der Waals surface area contributed by atoms with Crippen molar-refractivity contribution >= 4 is 0 Å². The maximum atomic E-state index is 6.16. The summed E-state index contributed by atoms with van der Waals surface area (Å²) in [5, 5.41) is 3.54. The lowest BCUT2D eigenvalue weighted by molar-refractivity contribution is -0.155. The molecular weight excluding hydrogens is 238 g/mol. The topological polar surface area (TPSA) is 30.5 Å². The van der Waals surface area contributed by atoms with E-state index in [1.54, 1.807) is 0 Å². The summed E-state index contributed by atoms with van der Waals surface area (Å²) in [5.74, 6) is 0. The molecule has 0 spiro atoms. The van der Waals surface area contributed by atoms with Gasteiger partial charge in [-0.2, -0.15) is 0 Å². The molecule has 1 saturated heterocycles. The quantitative estimate of drug-likeness (QED) is 0.886. The van der Waals surface area contributed by atoms with Gasteiger partial charge in [0.25, 0.3) is 0 Å². The number of benzene rings is 1. The van der Waals surface area contributed by atoms with Crippen LogP contribution in [-0.2, 0) is 9.47 Å². The zero-order valence-electron chi connectivity index (χ0n) is 12.4. The molecule has 0 amide bonds. The zero-order chi connectivity index (χ0) is 13.9. The van der Waals surface area contributed by atoms with Crippen LogP contribution in [0, 0.1) is 6.92 Å². The molecule has 1 fully saturated rings. The van der Waals surface area contributed by atoms with Gasteiger partial charge in [-0.1, -0.05) is 24.3 Å². The molecule has 0 aliphatic carbocycles. The highest BCUT2D eigenvalue weighted by Crippen LogP contribution is 2.24. The van der Waals surface area contributed by atoms with Crippen molar-refractivity contribution in [3.63, 3.8) is 0 Å². The van der Waals surface area contributed by atoms with E-state index in [1.165, 1.54) is 11.1 Å². The summed E-state index contributed by atoms with van der Waals surface area (Å²) in [6.07, 6.45) is 0.334. The van der Waals surface area contributed by atoms with E-state index in [1.807, 2.05) is 0 Å². The minimum absolute atomic E-state index is 0.0920. The first-order valence-electron chi connectivity index (χ1n) is 6.99. The average Bonchev–Trinajstić information content (AvgIpc) is 2.27. The molecule has 1 N–H and O–H groups in total. The van der Waals surface area contributed by atoms with Crippen molar-refractivity contribution in [2.75, 3.05) is 19.8 Å². The van der Waals surface area contributed by atoms with Crippen molar-refractivity contribution in [3.8, 4) is 0 Å². The van der Waals surface area contributed by atoms with Gasteiger partial charge in [-0.05, 0) is 38.8 Å². The molecule has 19 heavy (non-hydrogen) atoms. The monoisotopic (exact) mass is 263 g/mol. The molecule has 1 heterocycles. The third kappa shape index (κ3) is 4.30. The molecule has 1 aliphatic rings. The van der Waals surface area contributed by atoms with Crippen LogP contribution in [0.4, 0.5) is 0 Å². The van der Waals surface area contributed by atoms with Gasteiger partial charge < -0.3 is 14.8 Å². The van der Waals surface area contributed by atoms with Gasteiger partial charge in [0, 0.05) is 12.1 Å². The standard InChI is InChI=1S/C16H25NO2/c1-12-7-5-6-8-14(12)15(9-17-16(2,3)4)19-13-10-18-11-13/h5-8,13,15,17H,9-11H2,1-4H3. The van der Waals surface area contributed by atoms with E-state index < -0.39 is 0 Å². The summed E-state index contributed by atoms with van der Waals surface area (Å²) in [6, 6.07) is 8.44. The molecule has 1 aromatic carbocycles. The second-order valence-corrected chi connectivity index (χ2v) is 6.27. The highest BCUT2D eigenvalue weighted by Gasteiger charge is 2.26. The van der Waals surface area contributed by atoms with Crippen LogP contribution >= 0.6 is 0 Å². The number of hydrogen-bond acceptors (Lipinski definition) is 3. The van der Waals surface area contributed by atoms with Crippen LogP contribution in [0.2, 0.25) is 0 Å². The Morgan fingerprint density at radius 2 is 2.00 bits per heavy atom. The Kier molecular flexibility index (Phi) is 4.61. The molecule has 1 atom stereocenters. The molecule has 2 rings (SSSR count). The highest BCUT2D eigenvalue weighted by molar-refractivity contribution is 5.28. The Morgan fingerprint density at radius 1 is 1.32 bits per heavy atom. The van der Waals surface area contributed by atoms with Gasteiger partial charge in [0.05, 0.1) is 19.3 Å². The summed E-state index contributed by atoms with van der Waals surface area (Å²) in [6.45, 7) is 10.9. The Morgan fingerprint density at radius 3 is 2.53 bits per heavy atom. The second-order valence-electron chi connectivity index (χ2n) is 6.27. The molecule has 0 bridgehead atoms. The van der Waals surface area contributed by atoms with E-state index in [4.69, 9.17) is 9.47 Å². The fraction of sp³-hybridized carbons (Fsp3) is 0.625. The summed E-state index contributed by atoms with van der Waals surface area (Å²) in [7, 11) is 0. The zero-order valence-corrected chi connectivity index (χ0v) is 12.4. The predicted octanol–water partition coefficient (Wildman–Crippen LogP) is 2.84. The molecule has 0 radical (unpaired) electrons. The molecular formula is C16H25NO2. The van der Waals surface area contributed by atoms with E-state index in [9.17, 15) is 0 Å². The Hall–Kier alpha value is -0.900. The van der Waals surface area contributed by atoms with E-state index >= 15 is 0 Å². The van der Waals surface area contributed by atoms with Crippen molar-refractivity contribution in [2.24, 2.45) is 0 Å². The first kappa shape index (κ1) is 14.5. The van der Waals surface area contributed by atoms with E-state index in [-0.39, 0.29) is 17.7 Å². The fourth-order valence-corrected chi connectivity index (χ4v) is 2.10. The lowest BCUT2D eigenvalue weighted by Crippen LogP contribution is -2.43. The largest absolute Gasteiger partial charge is 0.376 e. The average molecular weight is 263 g/mol. The molecule has 1 aliphatic heterocycles. The van der Waals surface area contributed by atoms with E-state index in [0.717, 1.165) is 19.8 Å². The number of nitrogens with one attached hydrogen (secondary N) is 1. The Bertz CT molecular complexity index is 407. The summed E-state index contributed by atoms with van der Waals surface area (Å²) < 4.78 is 11.4. The molecule has 0 aromatic heterocycles. The van der Waals surface area contributed by atoms with Crippen LogP contribution < -0.4 is 5.32 Å². The maximum absolute atomic E-state index is 6.16. The molecule has 3 nitrogen and oxygen atoms in total. The summed E-state index contributed by atoms with van der Waals surface area (Å²) >= 11 is 0. The van der Waals surface area contributed by atoms with Gasteiger partial charge in [0.2, 0.25) is 0 Å². The summed E-state index contributed by atoms with van der Waals surface area (Å²) in [5.41, 5.74) is 2.65. The third-order valence-electron chi connectivity index (χ3n) is 3.32.